The fourth-order valence-electron chi connectivity index (χ4n) is 2.47. The summed E-state index contributed by atoms with van der Waals surface area (Å²) in [7, 11) is -1.57. The molecule has 0 unspecified atom stereocenters. The van der Waals surface area contributed by atoms with Crippen molar-refractivity contribution in [3.05, 3.63) is 29.8 Å². The van der Waals surface area contributed by atoms with Crippen LogP contribution in [0.15, 0.2) is 24.3 Å². The average Bonchev–Trinajstić information content (AvgIpc) is 2.55. The molecule has 7 heteroatoms. The Balaban J connectivity index is 1.92. The molecule has 1 aliphatic heterocycles. The molecule has 1 aromatic rings. The van der Waals surface area contributed by atoms with Crippen LogP contribution in [0.25, 0.3) is 0 Å². The topological polar surface area (TPSA) is 66.9 Å². The van der Waals surface area contributed by atoms with Crippen molar-refractivity contribution >= 4 is 15.9 Å². The van der Waals surface area contributed by atoms with Gasteiger partial charge in [0.15, 0.2) is 0 Å². The van der Waals surface area contributed by atoms with Gasteiger partial charge in [0.2, 0.25) is 15.9 Å². The number of carbonyl (C=O) groups is 1. The molecule has 22 heavy (non-hydrogen) atoms. The zero-order valence-electron chi connectivity index (χ0n) is 13.0. The van der Waals surface area contributed by atoms with E-state index in [4.69, 9.17) is 4.74 Å². The van der Waals surface area contributed by atoms with Crippen molar-refractivity contribution in [3.8, 4) is 5.75 Å². The molecule has 1 amide bonds. The van der Waals surface area contributed by atoms with Crippen molar-refractivity contribution in [2.75, 3.05) is 39.0 Å². The predicted molar refractivity (Wildman–Crippen MR) is 84.3 cm³/mol. The van der Waals surface area contributed by atoms with E-state index in [2.05, 4.69) is 0 Å². The van der Waals surface area contributed by atoms with Gasteiger partial charge in [-0.1, -0.05) is 12.1 Å². The summed E-state index contributed by atoms with van der Waals surface area (Å²) in [6.45, 7) is 3.28. The minimum Gasteiger partial charge on any atom is -0.497 e. The van der Waals surface area contributed by atoms with Gasteiger partial charge in [-0.15, -0.1) is 0 Å². The number of ether oxygens (including phenoxy) is 1. The Hall–Kier alpha value is -1.60. The van der Waals surface area contributed by atoms with Crippen molar-refractivity contribution in [2.45, 2.75) is 13.3 Å². The van der Waals surface area contributed by atoms with Crippen LogP contribution in [0, 0.1) is 0 Å². The number of rotatable bonds is 5. The third-order valence-corrected chi connectivity index (χ3v) is 5.72. The van der Waals surface area contributed by atoms with Crippen molar-refractivity contribution in [2.24, 2.45) is 0 Å². The smallest absolute Gasteiger partial charge is 0.227 e. The Kier molecular flexibility index (Phi) is 5.42. The van der Waals surface area contributed by atoms with Crippen molar-refractivity contribution in [1.82, 2.24) is 9.21 Å². The van der Waals surface area contributed by atoms with Gasteiger partial charge < -0.3 is 9.64 Å². The summed E-state index contributed by atoms with van der Waals surface area (Å²) >= 11 is 0. The Morgan fingerprint density at radius 3 is 2.50 bits per heavy atom. The molecule has 0 radical (unpaired) electrons. The third kappa shape index (κ3) is 3.98. The summed E-state index contributed by atoms with van der Waals surface area (Å²) in [5.74, 6) is 0.844. The first kappa shape index (κ1) is 16.8. The highest BCUT2D eigenvalue weighted by molar-refractivity contribution is 7.89. The molecule has 1 aliphatic rings. The zero-order valence-corrected chi connectivity index (χ0v) is 13.8. The number of piperazine rings is 1. The molecule has 0 aromatic heterocycles. The molecule has 0 saturated carbocycles. The number of hydrogen-bond donors (Lipinski definition) is 0. The van der Waals surface area contributed by atoms with Gasteiger partial charge >= 0.3 is 0 Å². The number of sulfonamides is 1. The molecule has 1 aromatic carbocycles. The third-order valence-electron chi connectivity index (χ3n) is 3.84. The molecule has 1 saturated heterocycles. The maximum absolute atomic E-state index is 12.3. The molecular formula is C15H22N2O4S. The molecule has 6 nitrogen and oxygen atoms in total. The van der Waals surface area contributed by atoms with Crippen LogP contribution >= 0.6 is 0 Å². The van der Waals surface area contributed by atoms with E-state index < -0.39 is 10.0 Å². The number of carbonyl (C=O) groups excluding carboxylic acids is 1. The summed E-state index contributed by atoms with van der Waals surface area (Å²) in [5.41, 5.74) is 0.896. The quantitative estimate of drug-likeness (QED) is 0.800. The number of benzene rings is 1. The van der Waals surface area contributed by atoms with E-state index in [9.17, 15) is 13.2 Å². The van der Waals surface area contributed by atoms with Gasteiger partial charge in [0.1, 0.15) is 5.75 Å². The summed E-state index contributed by atoms with van der Waals surface area (Å²) in [6.07, 6.45) is 0.303. The second-order valence-corrected chi connectivity index (χ2v) is 7.47. The normalized spacial score (nSPS) is 16.5. The van der Waals surface area contributed by atoms with Gasteiger partial charge in [0.05, 0.1) is 19.3 Å². The van der Waals surface area contributed by atoms with Crippen molar-refractivity contribution in [3.63, 3.8) is 0 Å². The summed E-state index contributed by atoms with van der Waals surface area (Å²) in [4.78, 5) is 14.0. The average molecular weight is 326 g/mol. The lowest BCUT2D eigenvalue weighted by Gasteiger charge is -2.33. The second kappa shape index (κ2) is 7.11. The highest BCUT2D eigenvalue weighted by Crippen LogP contribution is 2.15. The number of hydrogen-bond acceptors (Lipinski definition) is 4. The van der Waals surface area contributed by atoms with Crippen molar-refractivity contribution < 1.29 is 17.9 Å². The van der Waals surface area contributed by atoms with E-state index in [1.807, 2.05) is 24.3 Å². The molecule has 1 heterocycles. The van der Waals surface area contributed by atoms with E-state index in [-0.39, 0.29) is 11.7 Å². The molecule has 2 rings (SSSR count). The molecule has 0 spiro atoms. The van der Waals surface area contributed by atoms with Crippen LogP contribution in [-0.2, 0) is 21.2 Å². The van der Waals surface area contributed by atoms with Gasteiger partial charge in [-0.2, -0.15) is 4.31 Å². The highest BCUT2D eigenvalue weighted by atomic mass is 32.2. The van der Waals surface area contributed by atoms with Gasteiger partial charge in [-0.25, -0.2) is 8.42 Å². The van der Waals surface area contributed by atoms with E-state index in [1.165, 1.54) is 4.31 Å². The van der Waals surface area contributed by atoms with E-state index >= 15 is 0 Å². The van der Waals surface area contributed by atoms with E-state index in [1.54, 1.807) is 18.9 Å². The molecule has 0 bridgehead atoms. The van der Waals surface area contributed by atoms with E-state index in [0.29, 0.717) is 32.6 Å². The van der Waals surface area contributed by atoms with Crippen LogP contribution in [0.2, 0.25) is 0 Å². The van der Waals surface area contributed by atoms with Gasteiger partial charge in [0.25, 0.3) is 0 Å². The Morgan fingerprint density at radius 1 is 1.23 bits per heavy atom. The van der Waals surface area contributed by atoms with Crippen LogP contribution in [-0.4, -0.2) is 62.6 Å². The molecule has 0 aliphatic carbocycles. The van der Waals surface area contributed by atoms with Crippen LogP contribution in [0.3, 0.4) is 0 Å². The molecule has 122 valence electrons. The fraction of sp³-hybridized carbons (Fsp3) is 0.533. The monoisotopic (exact) mass is 326 g/mol. The first-order valence-corrected chi connectivity index (χ1v) is 8.95. The number of methoxy groups -OCH3 is 1. The van der Waals surface area contributed by atoms with Gasteiger partial charge in [0, 0.05) is 26.2 Å². The zero-order chi connectivity index (χ0) is 16.2. The first-order valence-electron chi connectivity index (χ1n) is 7.35. The Bertz CT molecular complexity index is 622. The van der Waals surface area contributed by atoms with Gasteiger partial charge in [-0.3, -0.25) is 4.79 Å². The Morgan fingerprint density at radius 2 is 1.91 bits per heavy atom. The lowest BCUT2D eigenvalue weighted by atomic mass is 10.1. The fourth-order valence-corrected chi connectivity index (χ4v) is 3.55. The highest BCUT2D eigenvalue weighted by Gasteiger charge is 2.27. The van der Waals surface area contributed by atoms with Crippen LogP contribution in [0.4, 0.5) is 0 Å². The standard InChI is InChI=1S/C15H22N2O4S/c1-3-22(19,20)17-9-7-16(8-10-17)15(18)12-13-5-4-6-14(11-13)21-2/h4-6,11H,3,7-10,12H2,1-2H3. The van der Waals surface area contributed by atoms with Gasteiger partial charge in [-0.05, 0) is 24.6 Å². The summed E-state index contributed by atoms with van der Waals surface area (Å²) in [6, 6.07) is 7.42. The largest absolute Gasteiger partial charge is 0.497 e. The second-order valence-electron chi connectivity index (χ2n) is 5.21. The lowest BCUT2D eigenvalue weighted by Crippen LogP contribution is -2.51. The Labute approximate surface area is 131 Å². The molecule has 1 fully saturated rings. The SMILES string of the molecule is CCS(=O)(=O)N1CCN(C(=O)Cc2cccc(OC)c2)CC1. The predicted octanol–water partition coefficient (Wildman–Crippen LogP) is 0.732. The molecule has 0 atom stereocenters. The van der Waals surface area contributed by atoms with Crippen LogP contribution < -0.4 is 4.74 Å². The molecular weight excluding hydrogens is 304 g/mol. The summed E-state index contributed by atoms with van der Waals surface area (Å²) in [5, 5.41) is 0. The van der Waals surface area contributed by atoms with Crippen LogP contribution in [0.5, 0.6) is 5.75 Å². The number of nitrogens with zero attached hydrogens (tertiary/aromatic N) is 2. The maximum atomic E-state index is 12.3. The summed E-state index contributed by atoms with van der Waals surface area (Å²) < 4.78 is 30.2. The maximum Gasteiger partial charge on any atom is 0.227 e. The van der Waals surface area contributed by atoms with E-state index in [0.717, 1.165) is 11.3 Å². The van der Waals surface area contributed by atoms with Crippen molar-refractivity contribution in [1.29, 1.82) is 0 Å². The van der Waals surface area contributed by atoms with Crippen LogP contribution in [0.1, 0.15) is 12.5 Å². The minimum absolute atomic E-state index is 0.0156. The number of amides is 1. The minimum atomic E-state index is -3.16. The first-order chi connectivity index (χ1) is 10.5. The molecule has 0 N–H and O–H groups in total. The lowest BCUT2D eigenvalue weighted by molar-refractivity contribution is -0.131.